The summed E-state index contributed by atoms with van der Waals surface area (Å²) < 4.78 is 0. The maximum Gasteiger partial charge on any atom is 0.240 e. The van der Waals surface area contributed by atoms with Gasteiger partial charge in [0.05, 0.1) is 6.04 Å². The molecule has 3 aliphatic rings. The van der Waals surface area contributed by atoms with Crippen molar-refractivity contribution in [3.63, 3.8) is 0 Å². The molecule has 2 aliphatic heterocycles. The molecule has 2 saturated heterocycles. The molecule has 0 spiro atoms. The van der Waals surface area contributed by atoms with Crippen molar-refractivity contribution in [2.75, 3.05) is 32.7 Å². The predicted octanol–water partition coefficient (Wildman–Crippen LogP) is 3.18. The number of hydrogen-bond acceptors (Lipinski definition) is 5. The summed E-state index contributed by atoms with van der Waals surface area (Å²) in [5.41, 5.74) is 2.38. The molecule has 1 aromatic heterocycles. The van der Waals surface area contributed by atoms with E-state index < -0.39 is 0 Å². The average Bonchev–Trinajstić information content (AvgIpc) is 3.49. The molecule has 3 heterocycles. The Kier molecular flexibility index (Phi) is 7.04. The smallest absolute Gasteiger partial charge is 0.240 e. The second-order valence-electron chi connectivity index (χ2n) is 10.2. The zero-order chi connectivity index (χ0) is 23.7. The number of aryl methyl sites for hydroxylation is 2. The summed E-state index contributed by atoms with van der Waals surface area (Å²) in [6.07, 6.45) is 2.71. The minimum atomic E-state index is -0.169. The van der Waals surface area contributed by atoms with E-state index >= 15 is 0 Å². The molecule has 2 amide bonds. The lowest BCUT2D eigenvalue weighted by atomic mass is 10.1. The lowest BCUT2D eigenvalue weighted by Crippen LogP contribution is -2.52. The largest absolute Gasteiger partial charge is 0.339 e. The van der Waals surface area contributed by atoms with Gasteiger partial charge in [0.1, 0.15) is 0 Å². The van der Waals surface area contributed by atoms with Crippen molar-refractivity contribution in [2.24, 2.45) is 5.92 Å². The Morgan fingerprint density at radius 3 is 2.59 bits per heavy atom. The SMILES string of the molecule is Cc1cccc(CN(C(=O)C2CC2)C2CC(C(=O)N3CCNCC3)N(Cc3ccc(C)s3)C2)c1. The highest BCUT2D eigenvalue weighted by Crippen LogP contribution is 2.35. The van der Waals surface area contributed by atoms with E-state index in [0.29, 0.717) is 6.54 Å². The first-order chi connectivity index (χ1) is 16.5. The second kappa shape index (κ2) is 10.2. The highest BCUT2D eigenvalue weighted by atomic mass is 32.1. The number of nitrogens with zero attached hydrogens (tertiary/aromatic N) is 3. The predicted molar refractivity (Wildman–Crippen MR) is 136 cm³/mol. The van der Waals surface area contributed by atoms with E-state index in [-0.39, 0.29) is 29.8 Å². The van der Waals surface area contributed by atoms with Crippen LogP contribution in [0.5, 0.6) is 0 Å². The van der Waals surface area contributed by atoms with Crippen LogP contribution in [0, 0.1) is 19.8 Å². The van der Waals surface area contributed by atoms with E-state index in [9.17, 15) is 9.59 Å². The van der Waals surface area contributed by atoms with Crippen LogP contribution in [0.3, 0.4) is 0 Å². The van der Waals surface area contributed by atoms with Gasteiger partial charge >= 0.3 is 0 Å². The van der Waals surface area contributed by atoms with Crippen molar-refractivity contribution in [1.82, 2.24) is 20.0 Å². The van der Waals surface area contributed by atoms with Gasteiger partial charge in [-0.25, -0.2) is 0 Å². The Labute approximate surface area is 206 Å². The number of piperazine rings is 1. The fourth-order valence-electron chi connectivity index (χ4n) is 5.36. The molecule has 1 aromatic carbocycles. The fourth-order valence-corrected chi connectivity index (χ4v) is 6.28. The lowest BCUT2D eigenvalue weighted by Gasteiger charge is -2.32. The van der Waals surface area contributed by atoms with Crippen LogP contribution in [0.15, 0.2) is 36.4 Å². The minimum absolute atomic E-state index is 0.0616. The van der Waals surface area contributed by atoms with Crippen LogP contribution in [0.4, 0.5) is 0 Å². The molecule has 6 nitrogen and oxygen atoms in total. The molecule has 2 aromatic rings. The molecular weight excluding hydrogens is 444 g/mol. The Hall–Kier alpha value is -2.22. The Bertz CT molecular complexity index is 1030. The molecule has 182 valence electrons. The van der Waals surface area contributed by atoms with Crippen LogP contribution < -0.4 is 5.32 Å². The number of nitrogens with one attached hydrogen (secondary N) is 1. The van der Waals surface area contributed by atoms with Crippen LogP contribution >= 0.6 is 11.3 Å². The number of carbonyl (C=O) groups excluding carboxylic acids is 2. The van der Waals surface area contributed by atoms with Gasteiger partial charge in [-0.3, -0.25) is 14.5 Å². The third-order valence-electron chi connectivity index (χ3n) is 7.34. The summed E-state index contributed by atoms with van der Waals surface area (Å²) in [5, 5.41) is 3.35. The monoisotopic (exact) mass is 480 g/mol. The Morgan fingerprint density at radius 1 is 1.12 bits per heavy atom. The van der Waals surface area contributed by atoms with Crippen molar-refractivity contribution in [3.8, 4) is 0 Å². The van der Waals surface area contributed by atoms with Gasteiger partial charge in [0.15, 0.2) is 0 Å². The zero-order valence-electron chi connectivity index (χ0n) is 20.3. The van der Waals surface area contributed by atoms with E-state index in [1.54, 1.807) is 11.3 Å². The molecule has 1 saturated carbocycles. The van der Waals surface area contributed by atoms with Crippen LogP contribution in [0.1, 0.15) is 40.1 Å². The van der Waals surface area contributed by atoms with Gasteiger partial charge < -0.3 is 15.1 Å². The number of hydrogen-bond donors (Lipinski definition) is 1. The number of likely N-dealkylation sites (tertiary alicyclic amines) is 1. The minimum Gasteiger partial charge on any atom is -0.339 e. The van der Waals surface area contributed by atoms with E-state index in [1.807, 2.05) is 4.90 Å². The topological polar surface area (TPSA) is 55.9 Å². The molecule has 5 rings (SSSR count). The van der Waals surface area contributed by atoms with E-state index in [1.165, 1.54) is 20.9 Å². The van der Waals surface area contributed by atoms with E-state index in [0.717, 1.165) is 58.5 Å². The molecule has 2 unspecified atom stereocenters. The van der Waals surface area contributed by atoms with Gasteiger partial charge in [-0.15, -0.1) is 11.3 Å². The number of thiophene rings is 1. The number of carbonyl (C=O) groups is 2. The maximum atomic E-state index is 13.6. The molecule has 34 heavy (non-hydrogen) atoms. The summed E-state index contributed by atoms with van der Waals surface area (Å²) in [6, 6.07) is 12.7. The summed E-state index contributed by atoms with van der Waals surface area (Å²) in [6.45, 7) is 9.61. The van der Waals surface area contributed by atoms with Gasteiger partial charge in [-0.2, -0.15) is 0 Å². The molecule has 3 fully saturated rings. The van der Waals surface area contributed by atoms with E-state index in [2.05, 4.69) is 65.4 Å². The molecule has 0 bridgehead atoms. The van der Waals surface area contributed by atoms with Crippen LogP contribution in [-0.4, -0.2) is 71.3 Å². The zero-order valence-corrected chi connectivity index (χ0v) is 21.2. The van der Waals surface area contributed by atoms with Gasteiger partial charge in [-0.05, 0) is 50.8 Å². The summed E-state index contributed by atoms with van der Waals surface area (Å²) in [4.78, 5) is 36.1. The number of benzene rings is 1. The summed E-state index contributed by atoms with van der Waals surface area (Å²) in [7, 11) is 0. The second-order valence-corrected chi connectivity index (χ2v) is 11.5. The summed E-state index contributed by atoms with van der Waals surface area (Å²) >= 11 is 1.80. The van der Waals surface area contributed by atoms with Crippen molar-refractivity contribution in [2.45, 2.75) is 58.3 Å². The van der Waals surface area contributed by atoms with Crippen LogP contribution in [0.2, 0.25) is 0 Å². The highest BCUT2D eigenvalue weighted by molar-refractivity contribution is 7.11. The standard InChI is InChI=1S/C27H36N4O2S/c1-19-4-3-5-21(14-19)16-31(26(32)22-7-8-22)23-15-25(27(33)29-12-10-28-11-13-29)30(17-23)18-24-9-6-20(2)34-24/h3-6,9,14,22-23,25,28H,7-8,10-13,15-18H2,1-2H3. The molecular formula is C27H36N4O2S. The molecule has 7 heteroatoms. The molecule has 0 radical (unpaired) electrons. The number of rotatable bonds is 7. The van der Waals surface area contributed by atoms with Crippen molar-refractivity contribution < 1.29 is 9.59 Å². The quantitative estimate of drug-likeness (QED) is 0.661. The first kappa shape index (κ1) is 23.5. The first-order valence-electron chi connectivity index (χ1n) is 12.6. The maximum absolute atomic E-state index is 13.6. The lowest BCUT2D eigenvalue weighted by molar-refractivity contribution is -0.137. The third kappa shape index (κ3) is 5.37. The van der Waals surface area contributed by atoms with E-state index in [4.69, 9.17) is 0 Å². The Morgan fingerprint density at radius 2 is 1.91 bits per heavy atom. The Balaban J connectivity index is 1.39. The normalized spacial score (nSPS) is 23.3. The molecule has 2 atom stereocenters. The third-order valence-corrected chi connectivity index (χ3v) is 8.32. The van der Waals surface area contributed by atoms with Crippen LogP contribution in [0.25, 0.3) is 0 Å². The summed E-state index contributed by atoms with van der Waals surface area (Å²) in [5.74, 6) is 0.668. The fraction of sp³-hybridized carbons (Fsp3) is 0.556. The van der Waals surface area contributed by atoms with Gasteiger partial charge in [0.25, 0.3) is 0 Å². The van der Waals surface area contributed by atoms with Gasteiger partial charge in [0, 0.05) is 67.5 Å². The van der Waals surface area contributed by atoms with Gasteiger partial charge in [0.2, 0.25) is 11.8 Å². The van der Waals surface area contributed by atoms with Crippen molar-refractivity contribution in [1.29, 1.82) is 0 Å². The highest BCUT2D eigenvalue weighted by Gasteiger charge is 2.44. The average molecular weight is 481 g/mol. The van der Waals surface area contributed by atoms with Gasteiger partial charge in [-0.1, -0.05) is 29.8 Å². The molecule has 1 N–H and O–H groups in total. The first-order valence-corrected chi connectivity index (χ1v) is 13.4. The van der Waals surface area contributed by atoms with Crippen LogP contribution in [-0.2, 0) is 22.7 Å². The van der Waals surface area contributed by atoms with Crippen molar-refractivity contribution in [3.05, 3.63) is 57.3 Å². The number of amides is 2. The van der Waals surface area contributed by atoms with Crippen molar-refractivity contribution >= 4 is 23.2 Å². The molecule has 1 aliphatic carbocycles.